The molecule has 0 saturated carbocycles. The molecular formula is C12H17Br2NO. The second kappa shape index (κ2) is 6.74. The fourth-order valence-corrected chi connectivity index (χ4v) is 2.18. The molecule has 0 saturated heterocycles. The van der Waals surface area contributed by atoms with Crippen molar-refractivity contribution < 1.29 is 5.11 Å². The van der Waals surface area contributed by atoms with E-state index in [1.165, 1.54) is 0 Å². The molecule has 0 amide bonds. The molecule has 0 fully saturated rings. The van der Waals surface area contributed by atoms with Crippen LogP contribution in [0.25, 0.3) is 0 Å². The topological polar surface area (TPSA) is 46.2 Å². The van der Waals surface area contributed by atoms with E-state index in [2.05, 4.69) is 38.8 Å². The van der Waals surface area contributed by atoms with Gasteiger partial charge in [-0.2, -0.15) is 0 Å². The molecule has 0 aromatic heterocycles. The molecule has 0 aliphatic rings. The number of unbranched alkanes of at least 4 members (excludes halogenated alkanes) is 1. The number of hydrogen-bond donors (Lipinski definition) is 2. The van der Waals surface area contributed by atoms with Crippen LogP contribution in [0.15, 0.2) is 27.1 Å². The molecule has 0 aliphatic carbocycles. The van der Waals surface area contributed by atoms with Gasteiger partial charge in [-0.1, -0.05) is 25.8 Å². The molecule has 4 heteroatoms. The summed E-state index contributed by atoms with van der Waals surface area (Å²) in [7, 11) is 0. The summed E-state index contributed by atoms with van der Waals surface area (Å²) in [6, 6.07) is 5.51. The van der Waals surface area contributed by atoms with E-state index >= 15 is 0 Å². The Labute approximate surface area is 113 Å². The van der Waals surface area contributed by atoms with Crippen molar-refractivity contribution in [2.75, 3.05) is 0 Å². The first-order valence-corrected chi connectivity index (χ1v) is 7.03. The van der Waals surface area contributed by atoms with Gasteiger partial charge in [0.25, 0.3) is 0 Å². The van der Waals surface area contributed by atoms with Crippen LogP contribution in [0.4, 0.5) is 0 Å². The zero-order valence-electron chi connectivity index (χ0n) is 9.29. The fraction of sp³-hybridized carbons (Fsp3) is 0.500. The largest absolute Gasteiger partial charge is 0.391 e. The maximum Gasteiger partial charge on any atom is 0.0732 e. The maximum atomic E-state index is 9.91. The van der Waals surface area contributed by atoms with Crippen LogP contribution in [-0.4, -0.2) is 11.2 Å². The molecule has 2 atom stereocenters. The minimum absolute atomic E-state index is 0.309. The quantitative estimate of drug-likeness (QED) is 0.849. The lowest BCUT2D eigenvalue weighted by Crippen LogP contribution is -2.26. The molecule has 1 aromatic carbocycles. The first-order chi connectivity index (χ1) is 7.56. The van der Waals surface area contributed by atoms with Crippen LogP contribution in [0.5, 0.6) is 0 Å². The number of rotatable bonds is 5. The smallest absolute Gasteiger partial charge is 0.0732 e. The zero-order chi connectivity index (χ0) is 12.1. The average Bonchev–Trinajstić information content (AvgIpc) is 2.28. The standard InChI is InChI=1S/C12H17Br2NO/c1-2-3-4-11(16)12(15)8-5-6-9(13)10(14)7-8/h5-7,11-12,16H,2-4,15H2,1H3/t11-,12+/m1/s1. The minimum Gasteiger partial charge on any atom is -0.391 e. The second-order valence-electron chi connectivity index (χ2n) is 3.91. The summed E-state index contributed by atoms with van der Waals surface area (Å²) < 4.78 is 1.95. The highest BCUT2D eigenvalue weighted by molar-refractivity contribution is 9.13. The van der Waals surface area contributed by atoms with Crippen LogP contribution < -0.4 is 5.73 Å². The lowest BCUT2D eigenvalue weighted by molar-refractivity contribution is 0.132. The molecule has 1 aromatic rings. The van der Waals surface area contributed by atoms with E-state index in [4.69, 9.17) is 5.73 Å². The highest BCUT2D eigenvalue weighted by Gasteiger charge is 2.16. The van der Waals surface area contributed by atoms with Crippen LogP contribution >= 0.6 is 31.9 Å². The fourth-order valence-electron chi connectivity index (χ4n) is 1.53. The van der Waals surface area contributed by atoms with Gasteiger partial charge in [-0.15, -0.1) is 0 Å². The average molecular weight is 351 g/mol. The Morgan fingerprint density at radius 1 is 1.31 bits per heavy atom. The van der Waals surface area contributed by atoms with Gasteiger partial charge in [0.05, 0.1) is 12.1 Å². The Kier molecular flexibility index (Phi) is 5.97. The van der Waals surface area contributed by atoms with Gasteiger partial charge in [-0.3, -0.25) is 0 Å². The summed E-state index contributed by atoms with van der Waals surface area (Å²) in [5.41, 5.74) is 6.97. The summed E-state index contributed by atoms with van der Waals surface area (Å²) in [5, 5.41) is 9.91. The van der Waals surface area contributed by atoms with E-state index < -0.39 is 6.10 Å². The summed E-state index contributed by atoms with van der Waals surface area (Å²) in [6.07, 6.45) is 2.37. The van der Waals surface area contributed by atoms with Crippen molar-refractivity contribution in [2.24, 2.45) is 5.73 Å². The molecule has 0 spiro atoms. The van der Waals surface area contributed by atoms with E-state index in [9.17, 15) is 5.11 Å². The molecular weight excluding hydrogens is 334 g/mol. The molecule has 2 nitrogen and oxygen atoms in total. The van der Waals surface area contributed by atoms with Gasteiger partial charge in [-0.25, -0.2) is 0 Å². The highest BCUT2D eigenvalue weighted by atomic mass is 79.9. The van der Waals surface area contributed by atoms with Crippen molar-refractivity contribution in [3.05, 3.63) is 32.7 Å². The van der Waals surface area contributed by atoms with Crippen LogP contribution in [0.1, 0.15) is 37.8 Å². The van der Waals surface area contributed by atoms with Crippen molar-refractivity contribution in [1.82, 2.24) is 0 Å². The van der Waals surface area contributed by atoms with Gasteiger partial charge < -0.3 is 10.8 Å². The Morgan fingerprint density at radius 2 is 2.00 bits per heavy atom. The molecule has 90 valence electrons. The second-order valence-corrected chi connectivity index (χ2v) is 5.62. The van der Waals surface area contributed by atoms with Gasteiger partial charge in [-0.05, 0) is 56.0 Å². The van der Waals surface area contributed by atoms with E-state index in [1.54, 1.807) is 0 Å². The number of halogens is 2. The summed E-state index contributed by atoms with van der Waals surface area (Å²) >= 11 is 6.84. The molecule has 0 bridgehead atoms. The molecule has 0 aliphatic heterocycles. The SMILES string of the molecule is CCCC[C@@H](O)[C@@H](N)c1ccc(Br)c(Br)c1. The normalized spacial score (nSPS) is 14.8. The van der Waals surface area contributed by atoms with E-state index in [0.717, 1.165) is 33.8 Å². The Balaban J connectivity index is 2.71. The number of aliphatic hydroxyl groups is 1. The van der Waals surface area contributed by atoms with E-state index in [1.807, 2.05) is 18.2 Å². The Hall–Kier alpha value is 0.1000. The number of hydrogen-bond acceptors (Lipinski definition) is 2. The minimum atomic E-state index is -0.465. The van der Waals surface area contributed by atoms with Gasteiger partial charge >= 0.3 is 0 Å². The van der Waals surface area contributed by atoms with Crippen molar-refractivity contribution in [3.8, 4) is 0 Å². The summed E-state index contributed by atoms with van der Waals surface area (Å²) in [6.45, 7) is 2.11. The van der Waals surface area contributed by atoms with Crippen LogP contribution in [0.2, 0.25) is 0 Å². The monoisotopic (exact) mass is 349 g/mol. The predicted octanol–water partition coefficient (Wildman–Crippen LogP) is 3.76. The highest BCUT2D eigenvalue weighted by Crippen LogP contribution is 2.27. The first-order valence-electron chi connectivity index (χ1n) is 5.44. The van der Waals surface area contributed by atoms with Gasteiger partial charge in [0.15, 0.2) is 0 Å². The number of aliphatic hydroxyl groups excluding tert-OH is 1. The summed E-state index contributed by atoms with van der Waals surface area (Å²) in [5.74, 6) is 0. The van der Waals surface area contributed by atoms with Gasteiger partial charge in [0, 0.05) is 8.95 Å². The lowest BCUT2D eigenvalue weighted by Gasteiger charge is -2.19. The van der Waals surface area contributed by atoms with Gasteiger partial charge in [0.2, 0.25) is 0 Å². The zero-order valence-corrected chi connectivity index (χ0v) is 12.5. The van der Waals surface area contributed by atoms with E-state index in [-0.39, 0.29) is 6.04 Å². The van der Waals surface area contributed by atoms with Crippen LogP contribution in [0.3, 0.4) is 0 Å². The van der Waals surface area contributed by atoms with E-state index in [0.29, 0.717) is 0 Å². The van der Waals surface area contributed by atoms with Crippen molar-refractivity contribution in [1.29, 1.82) is 0 Å². The molecule has 1 rings (SSSR count). The molecule has 0 heterocycles. The van der Waals surface area contributed by atoms with Crippen LogP contribution in [-0.2, 0) is 0 Å². The molecule has 3 N–H and O–H groups in total. The third-order valence-electron chi connectivity index (χ3n) is 2.60. The Morgan fingerprint density at radius 3 is 2.56 bits per heavy atom. The van der Waals surface area contributed by atoms with Crippen molar-refractivity contribution in [3.63, 3.8) is 0 Å². The third kappa shape index (κ3) is 3.84. The van der Waals surface area contributed by atoms with Gasteiger partial charge in [0.1, 0.15) is 0 Å². The molecule has 0 unspecified atom stereocenters. The Bertz CT molecular complexity index is 344. The summed E-state index contributed by atoms with van der Waals surface area (Å²) in [4.78, 5) is 0. The van der Waals surface area contributed by atoms with Crippen molar-refractivity contribution in [2.45, 2.75) is 38.3 Å². The number of benzene rings is 1. The molecule has 16 heavy (non-hydrogen) atoms. The van der Waals surface area contributed by atoms with Crippen molar-refractivity contribution >= 4 is 31.9 Å². The van der Waals surface area contributed by atoms with Crippen LogP contribution in [0, 0.1) is 0 Å². The molecule has 0 radical (unpaired) electrons. The predicted molar refractivity (Wildman–Crippen MR) is 74.3 cm³/mol. The maximum absolute atomic E-state index is 9.91. The first kappa shape index (κ1) is 14.2. The number of nitrogens with two attached hydrogens (primary N) is 1. The third-order valence-corrected chi connectivity index (χ3v) is 4.48. The lowest BCUT2D eigenvalue weighted by atomic mass is 9.98.